The minimum absolute atomic E-state index is 0.0905. The number of rotatable bonds is 7. The van der Waals surface area contributed by atoms with Crippen LogP contribution in [-0.4, -0.2) is 35.6 Å². The molecule has 0 radical (unpaired) electrons. The first-order chi connectivity index (χ1) is 12.3. The van der Waals surface area contributed by atoms with Crippen LogP contribution in [0.3, 0.4) is 0 Å². The number of amides is 1. The van der Waals surface area contributed by atoms with Crippen molar-refractivity contribution in [2.75, 3.05) is 21.3 Å². The highest BCUT2D eigenvalue weighted by atomic mass is 32.2. The third kappa shape index (κ3) is 4.33. The number of hydrogen-bond acceptors (Lipinski definition) is 5. The Morgan fingerprint density at radius 3 is 2.23 bits per heavy atom. The van der Waals surface area contributed by atoms with Crippen LogP contribution in [0.4, 0.5) is 0 Å². The molecule has 0 aliphatic heterocycles. The van der Waals surface area contributed by atoms with Crippen molar-refractivity contribution >= 4 is 15.9 Å². The van der Waals surface area contributed by atoms with Crippen LogP contribution in [-0.2, 0) is 10.0 Å². The number of carbonyl (C=O) groups is 1. The van der Waals surface area contributed by atoms with Gasteiger partial charge in [0.05, 0.1) is 20.3 Å². The van der Waals surface area contributed by atoms with Crippen LogP contribution >= 0.6 is 0 Å². The molecule has 8 heteroatoms. The quantitative estimate of drug-likeness (QED) is 0.770. The molecule has 2 rings (SSSR count). The van der Waals surface area contributed by atoms with E-state index in [9.17, 15) is 13.2 Å². The van der Waals surface area contributed by atoms with E-state index < -0.39 is 10.0 Å². The van der Waals surface area contributed by atoms with Crippen molar-refractivity contribution in [2.24, 2.45) is 0 Å². The fourth-order valence-corrected chi connectivity index (χ4v) is 3.31. The number of carbonyl (C=O) groups excluding carboxylic acids is 1. The summed E-state index contributed by atoms with van der Waals surface area (Å²) < 4.78 is 36.7. The Morgan fingerprint density at radius 1 is 1.04 bits per heavy atom. The summed E-state index contributed by atoms with van der Waals surface area (Å²) >= 11 is 0. The number of sulfonamides is 1. The van der Waals surface area contributed by atoms with E-state index in [2.05, 4.69) is 10.0 Å². The van der Waals surface area contributed by atoms with Gasteiger partial charge in [-0.1, -0.05) is 12.1 Å². The fourth-order valence-electron chi connectivity index (χ4n) is 2.39. The fraction of sp³-hybridized carbons (Fsp3) is 0.278. The normalized spacial score (nSPS) is 12.3. The van der Waals surface area contributed by atoms with Gasteiger partial charge in [-0.15, -0.1) is 0 Å². The standard InChI is InChI=1S/C18H22N2O5S/c1-12(13-5-8-15(24-3)9-6-13)20-18(21)14-7-10-16(25-4)17(11-14)26(22,23)19-2/h5-12,19H,1-4H3,(H,20,21)/t12-/m0/s1. The summed E-state index contributed by atoms with van der Waals surface area (Å²) in [5.41, 5.74) is 1.12. The van der Waals surface area contributed by atoms with Gasteiger partial charge in [0.2, 0.25) is 10.0 Å². The summed E-state index contributed by atoms with van der Waals surface area (Å²) in [6.07, 6.45) is 0. The molecule has 0 saturated heterocycles. The SMILES string of the molecule is CNS(=O)(=O)c1cc(C(=O)N[C@@H](C)c2ccc(OC)cc2)ccc1OC. The van der Waals surface area contributed by atoms with Crippen molar-refractivity contribution in [2.45, 2.75) is 17.9 Å². The van der Waals surface area contributed by atoms with Gasteiger partial charge in [0.1, 0.15) is 16.4 Å². The molecule has 0 saturated carbocycles. The highest BCUT2D eigenvalue weighted by molar-refractivity contribution is 7.89. The molecule has 1 amide bonds. The summed E-state index contributed by atoms with van der Waals surface area (Å²) in [4.78, 5) is 12.4. The van der Waals surface area contributed by atoms with Crippen molar-refractivity contribution in [3.63, 3.8) is 0 Å². The first-order valence-corrected chi connectivity index (χ1v) is 9.37. The Bertz CT molecular complexity index is 879. The predicted octanol–water partition coefficient (Wildman–Crippen LogP) is 2.10. The molecule has 0 aromatic heterocycles. The van der Waals surface area contributed by atoms with Gasteiger partial charge in [0, 0.05) is 5.56 Å². The van der Waals surface area contributed by atoms with E-state index in [0.717, 1.165) is 11.3 Å². The number of benzene rings is 2. The molecule has 2 aromatic rings. The van der Waals surface area contributed by atoms with Crippen LogP contribution in [0.15, 0.2) is 47.4 Å². The molecule has 0 aliphatic rings. The molecule has 140 valence electrons. The van der Waals surface area contributed by atoms with Crippen LogP contribution in [0.25, 0.3) is 0 Å². The van der Waals surface area contributed by atoms with Crippen LogP contribution < -0.4 is 19.5 Å². The molecular formula is C18H22N2O5S. The molecule has 2 aromatic carbocycles. The third-order valence-corrected chi connectivity index (χ3v) is 5.38. The average molecular weight is 378 g/mol. The molecule has 0 spiro atoms. The second-order valence-electron chi connectivity index (χ2n) is 5.54. The van der Waals surface area contributed by atoms with E-state index in [4.69, 9.17) is 9.47 Å². The monoisotopic (exact) mass is 378 g/mol. The molecule has 0 unspecified atom stereocenters. The minimum atomic E-state index is -3.75. The Labute approximate surface area is 153 Å². The second-order valence-corrected chi connectivity index (χ2v) is 7.40. The van der Waals surface area contributed by atoms with Crippen molar-refractivity contribution < 1.29 is 22.7 Å². The molecule has 0 fully saturated rings. The summed E-state index contributed by atoms with van der Waals surface area (Å²) in [5, 5.41) is 2.85. The van der Waals surface area contributed by atoms with Gasteiger partial charge in [0.25, 0.3) is 5.91 Å². The van der Waals surface area contributed by atoms with E-state index in [1.165, 1.54) is 32.4 Å². The van der Waals surface area contributed by atoms with E-state index in [1.54, 1.807) is 7.11 Å². The maximum atomic E-state index is 12.5. The highest BCUT2D eigenvalue weighted by Crippen LogP contribution is 2.25. The summed E-state index contributed by atoms with van der Waals surface area (Å²) in [6.45, 7) is 1.84. The van der Waals surface area contributed by atoms with E-state index in [1.807, 2.05) is 31.2 Å². The number of hydrogen-bond donors (Lipinski definition) is 2. The lowest BCUT2D eigenvalue weighted by molar-refractivity contribution is 0.0939. The molecule has 2 N–H and O–H groups in total. The number of nitrogens with one attached hydrogen (secondary N) is 2. The smallest absolute Gasteiger partial charge is 0.251 e. The Balaban J connectivity index is 2.24. The molecule has 0 bridgehead atoms. The third-order valence-electron chi connectivity index (χ3n) is 3.95. The number of methoxy groups -OCH3 is 2. The maximum Gasteiger partial charge on any atom is 0.251 e. The molecule has 0 aliphatic carbocycles. The van der Waals surface area contributed by atoms with Crippen molar-refractivity contribution in [1.29, 1.82) is 0 Å². The Kier molecular flexibility index (Phi) is 6.23. The second kappa shape index (κ2) is 8.20. The van der Waals surface area contributed by atoms with Crippen LogP contribution in [0.5, 0.6) is 11.5 Å². The Hall–Kier alpha value is -2.58. The lowest BCUT2D eigenvalue weighted by Crippen LogP contribution is -2.27. The largest absolute Gasteiger partial charge is 0.497 e. The average Bonchev–Trinajstić information content (AvgIpc) is 2.67. The van der Waals surface area contributed by atoms with Gasteiger partial charge in [-0.2, -0.15) is 0 Å². The number of ether oxygens (including phenoxy) is 2. The van der Waals surface area contributed by atoms with Crippen molar-refractivity contribution in [3.05, 3.63) is 53.6 Å². The van der Waals surface area contributed by atoms with Gasteiger partial charge < -0.3 is 14.8 Å². The van der Waals surface area contributed by atoms with Crippen LogP contribution in [0.1, 0.15) is 28.9 Å². The summed E-state index contributed by atoms with van der Waals surface area (Å²) in [7, 11) is 0.499. The molecular weight excluding hydrogens is 356 g/mol. The van der Waals surface area contributed by atoms with Gasteiger partial charge in [-0.05, 0) is 49.9 Å². The minimum Gasteiger partial charge on any atom is -0.497 e. The molecule has 0 heterocycles. The zero-order chi connectivity index (χ0) is 19.3. The van der Waals surface area contributed by atoms with E-state index in [0.29, 0.717) is 0 Å². The summed E-state index contributed by atoms with van der Waals surface area (Å²) in [5.74, 6) is 0.506. The molecule has 1 atom stereocenters. The lowest BCUT2D eigenvalue weighted by Gasteiger charge is -2.16. The van der Waals surface area contributed by atoms with E-state index >= 15 is 0 Å². The maximum absolute atomic E-state index is 12.5. The van der Waals surface area contributed by atoms with Crippen molar-refractivity contribution in [1.82, 2.24) is 10.0 Å². The van der Waals surface area contributed by atoms with E-state index in [-0.39, 0.29) is 28.2 Å². The molecule has 7 nitrogen and oxygen atoms in total. The highest BCUT2D eigenvalue weighted by Gasteiger charge is 2.21. The first kappa shape index (κ1) is 19.7. The predicted molar refractivity (Wildman–Crippen MR) is 98.1 cm³/mol. The topological polar surface area (TPSA) is 93.7 Å². The van der Waals surface area contributed by atoms with Gasteiger partial charge in [-0.25, -0.2) is 13.1 Å². The van der Waals surface area contributed by atoms with Gasteiger partial charge >= 0.3 is 0 Å². The van der Waals surface area contributed by atoms with Crippen molar-refractivity contribution in [3.8, 4) is 11.5 Å². The lowest BCUT2D eigenvalue weighted by atomic mass is 10.1. The van der Waals surface area contributed by atoms with Gasteiger partial charge in [-0.3, -0.25) is 4.79 Å². The molecule has 26 heavy (non-hydrogen) atoms. The zero-order valence-corrected chi connectivity index (χ0v) is 15.9. The zero-order valence-electron chi connectivity index (χ0n) is 15.1. The Morgan fingerprint density at radius 2 is 1.69 bits per heavy atom. The van der Waals surface area contributed by atoms with Crippen LogP contribution in [0.2, 0.25) is 0 Å². The summed E-state index contributed by atoms with van der Waals surface area (Å²) in [6, 6.07) is 11.3. The van der Waals surface area contributed by atoms with Gasteiger partial charge in [0.15, 0.2) is 0 Å². The van der Waals surface area contributed by atoms with Crippen LogP contribution in [0, 0.1) is 0 Å². The first-order valence-electron chi connectivity index (χ1n) is 7.88.